The molecule has 0 aliphatic heterocycles. The van der Waals surface area contributed by atoms with Crippen LogP contribution in [-0.2, 0) is 4.79 Å². The van der Waals surface area contributed by atoms with Crippen LogP contribution in [0.5, 0.6) is 0 Å². The number of rotatable bonds is 5. The molecular weight excluding hydrogens is 382 g/mol. The van der Waals surface area contributed by atoms with Gasteiger partial charge in [-0.05, 0) is 67.6 Å². The van der Waals surface area contributed by atoms with Crippen molar-refractivity contribution in [2.24, 2.45) is 0 Å². The molecule has 0 saturated heterocycles. The van der Waals surface area contributed by atoms with E-state index in [1.54, 1.807) is 24.3 Å². The van der Waals surface area contributed by atoms with Gasteiger partial charge in [-0.15, -0.1) is 0 Å². The summed E-state index contributed by atoms with van der Waals surface area (Å²) in [6, 6.07) is 17.0. The number of carbonyl (C=O) groups is 2. The van der Waals surface area contributed by atoms with Crippen LogP contribution in [0.4, 0.5) is 0 Å². The highest BCUT2D eigenvalue weighted by molar-refractivity contribution is 5.97. The number of nitrogens with zero attached hydrogens (tertiary/aromatic N) is 1. The highest BCUT2D eigenvalue weighted by Gasteiger charge is 2.25. The number of amides is 2. The second kappa shape index (κ2) is 9.56. The van der Waals surface area contributed by atoms with Crippen molar-refractivity contribution in [3.05, 3.63) is 89.7 Å². The van der Waals surface area contributed by atoms with E-state index in [0.29, 0.717) is 5.56 Å². The van der Waals surface area contributed by atoms with Gasteiger partial charge in [-0.1, -0.05) is 11.8 Å². The number of benzene rings is 2. The van der Waals surface area contributed by atoms with Crippen molar-refractivity contribution < 1.29 is 19.9 Å². The first kappa shape index (κ1) is 20.9. The van der Waals surface area contributed by atoms with Crippen LogP contribution in [-0.4, -0.2) is 38.8 Å². The normalized spacial score (nSPS) is 12.2. The zero-order valence-electron chi connectivity index (χ0n) is 16.2. The Balaban J connectivity index is 1.66. The lowest BCUT2D eigenvalue weighted by atomic mass is 10.1. The lowest BCUT2D eigenvalue weighted by molar-refractivity contribution is -0.133. The number of hydroxylamine groups is 1. The highest BCUT2D eigenvalue weighted by Crippen LogP contribution is 2.10. The van der Waals surface area contributed by atoms with Crippen LogP contribution in [0.15, 0.2) is 73.1 Å². The third-order valence-electron chi connectivity index (χ3n) is 4.43. The summed E-state index contributed by atoms with van der Waals surface area (Å²) in [6.07, 6.45) is 2.77. The number of hydrogen-bond acceptors (Lipinski definition) is 4. The number of nitrogens with one attached hydrogen (secondary N) is 2. The van der Waals surface area contributed by atoms with Crippen molar-refractivity contribution in [3.8, 4) is 17.5 Å². The lowest BCUT2D eigenvalue weighted by Gasteiger charge is -2.19. The Morgan fingerprint density at radius 3 is 1.97 bits per heavy atom. The van der Waals surface area contributed by atoms with Gasteiger partial charge < -0.3 is 15.0 Å². The number of hydrogen-bond donors (Lipinski definition) is 4. The summed E-state index contributed by atoms with van der Waals surface area (Å²) in [5.74, 6) is 4.67. The van der Waals surface area contributed by atoms with Crippen LogP contribution >= 0.6 is 0 Å². The van der Waals surface area contributed by atoms with Crippen LogP contribution in [0, 0.1) is 11.8 Å². The lowest BCUT2D eigenvalue weighted by Crippen LogP contribution is -2.51. The highest BCUT2D eigenvalue weighted by atomic mass is 16.5. The largest absolute Gasteiger partial charge is 0.391 e. The minimum Gasteiger partial charge on any atom is -0.391 e. The molecule has 0 spiro atoms. The summed E-state index contributed by atoms with van der Waals surface area (Å²) < 4.78 is 2.01. The minimum atomic E-state index is -1.27. The van der Waals surface area contributed by atoms with Gasteiger partial charge in [-0.3, -0.25) is 14.8 Å². The molecule has 0 bridgehead atoms. The third-order valence-corrected chi connectivity index (χ3v) is 4.43. The van der Waals surface area contributed by atoms with Crippen LogP contribution in [0.2, 0.25) is 0 Å². The fraction of sp³-hybridized carbons (Fsp3) is 0.130. The van der Waals surface area contributed by atoms with E-state index in [4.69, 9.17) is 5.21 Å². The van der Waals surface area contributed by atoms with Crippen molar-refractivity contribution in [1.82, 2.24) is 15.4 Å². The molecule has 0 fully saturated rings. The van der Waals surface area contributed by atoms with Gasteiger partial charge >= 0.3 is 0 Å². The molecule has 0 radical (unpaired) electrons. The van der Waals surface area contributed by atoms with Crippen LogP contribution in [0.25, 0.3) is 5.69 Å². The van der Waals surface area contributed by atoms with Crippen LogP contribution < -0.4 is 10.8 Å². The molecule has 3 rings (SSSR count). The van der Waals surface area contributed by atoms with Crippen molar-refractivity contribution in [2.75, 3.05) is 0 Å². The van der Waals surface area contributed by atoms with Gasteiger partial charge in [0.05, 0.1) is 6.10 Å². The van der Waals surface area contributed by atoms with Gasteiger partial charge in [0, 0.05) is 34.8 Å². The van der Waals surface area contributed by atoms with E-state index >= 15 is 0 Å². The molecule has 3 aromatic rings. The fourth-order valence-electron chi connectivity index (χ4n) is 2.77. The molecule has 0 aliphatic carbocycles. The third kappa shape index (κ3) is 5.14. The summed E-state index contributed by atoms with van der Waals surface area (Å²) >= 11 is 0. The first-order valence-corrected chi connectivity index (χ1v) is 9.26. The molecular formula is C23H21N3O4. The minimum absolute atomic E-state index is 0.299. The predicted octanol–water partition coefficient (Wildman–Crippen LogP) is 1.86. The molecule has 1 heterocycles. The first-order valence-electron chi connectivity index (χ1n) is 9.26. The maximum absolute atomic E-state index is 12.3. The first-order chi connectivity index (χ1) is 14.5. The van der Waals surface area contributed by atoms with E-state index in [2.05, 4.69) is 17.2 Å². The molecule has 7 heteroatoms. The summed E-state index contributed by atoms with van der Waals surface area (Å²) in [5.41, 5.74) is 4.36. The summed E-state index contributed by atoms with van der Waals surface area (Å²) in [5, 5.41) is 20.7. The zero-order valence-corrected chi connectivity index (χ0v) is 16.2. The quantitative estimate of drug-likeness (QED) is 0.297. The maximum atomic E-state index is 12.3. The summed E-state index contributed by atoms with van der Waals surface area (Å²) in [7, 11) is 0. The summed E-state index contributed by atoms with van der Waals surface area (Å²) in [4.78, 5) is 23.8. The average Bonchev–Trinajstić information content (AvgIpc) is 3.31. The molecule has 1 aromatic heterocycles. The molecule has 4 N–H and O–H groups in total. The Bertz CT molecular complexity index is 1060. The van der Waals surface area contributed by atoms with Crippen molar-refractivity contribution >= 4 is 11.8 Å². The molecule has 0 aliphatic rings. The average molecular weight is 403 g/mol. The van der Waals surface area contributed by atoms with Gasteiger partial charge in [0.2, 0.25) is 0 Å². The second-order valence-corrected chi connectivity index (χ2v) is 6.63. The standard InChI is InChI=1S/C23H21N3O4/c1-16(27)21(23(29)25-30)24-22(28)19-10-6-17(7-11-19)4-5-18-8-12-20(13-9-18)26-14-2-3-15-26/h2-3,6-16,21,27,30H,1H3,(H,24,28)(H,25,29). The zero-order chi connectivity index (χ0) is 21.5. The van der Waals surface area contributed by atoms with Gasteiger partial charge in [0.1, 0.15) is 6.04 Å². The fourth-order valence-corrected chi connectivity index (χ4v) is 2.77. The van der Waals surface area contributed by atoms with Crippen LogP contribution in [0.3, 0.4) is 0 Å². The van der Waals surface area contributed by atoms with E-state index in [1.165, 1.54) is 12.4 Å². The Hall–Kier alpha value is -3.86. The number of carbonyl (C=O) groups excluding carboxylic acids is 2. The van der Waals surface area contributed by atoms with E-state index in [0.717, 1.165) is 16.8 Å². The maximum Gasteiger partial charge on any atom is 0.268 e. The predicted molar refractivity (Wildman–Crippen MR) is 111 cm³/mol. The number of aromatic nitrogens is 1. The van der Waals surface area contributed by atoms with Crippen LogP contribution in [0.1, 0.15) is 28.4 Å². The Morgan fingerprint density at radius 1 is 0.933 bits per heavy atom. The van der Waals surface area contributed by atoms with Gasteiger partial charge in [-0.2, -0.15) is 0 Å². The molecule has 30 heavy (non-hydrogen) atoms. The smallest absolute Gasteiger partial charge is 0.268 e. The molecule has 7 nitrogen and oxygen atoms in total. The second-order valence-electron chi connectivity index (χ2n) is 6.63. The van der Waals surface area contributed by atoms with Crippen molar-refractivity contribution in [3.63, 3.8) is 0 Å². The Morgan fingerprint density at radius 2 is 1.47 bits per heavy atom. The molecule has 2 amide bonds. The van der Waals surface area contributed by atoms with Gasteiger partial charge in [0.15, 0.2) is 0 Å². The van der Waals surface area contributed by atoms with Gasteiger partial charge in [-0.25, -0.2) is 5.48 Å². The van der Waals surface area contributed by atoms with Crippen molar-refractivity contribution in [2.45, 2.75) is 19.1 Å². The number of aliphatic hydroxyl groups is 1. The SMILES string of the molecule is CC(O)C(NC(=O)c1ccc(C#Cc2ccc(-n3cccc3)cc2)cc1)C(=O)NO. The topological polar surface area (TPSA) is 104 Å². The van der Waals surface area contributed by atoms with Gasteiger partial charge in [0.25, 0.3) is 11.8 Å². The van der Waals surface area contributed by atoms with E-state index < -0.39 is 24.0 Å². The molecule has 152 valence electrons. The monoisotopic (exact) mass is 403 g/mol. The van der Waals surface area contributed by atoms with E-state index in [-0.39, 0.29) is 0 Å². The van der Waals surface area contributed by atoms with E-state index in [1.807, 2.05) is 53.4 Å². The van der Waals surface area contributed by atoms with Crippen molar-refractivity contribution in [1.29, 1.82) is 0 Å². The molecule has 2 unspecified atom stereocenters. The Kier molecular flexibility index (Phi) is 6.65. The Labute approximate surface area is 173 Å². The van der Waals surface area contributed by atoms with E-state index in [9.17, 15) is 14.7 Å². The number of aliphatic hydroxyl groups excluding tert-OH is 1. The molecule has 0 saturated carbocycles. The summed E-state index contributed by atoms with van der Waals surface area (Å²) in [6.45, 7) is 1.34. The molecule has 2 atom stereocenters. The molecule has 2 aromatic carbocycles.